The minimum absolute atomic E-state index is 0.140. The molecule has 0 N–H and O–H groups in total. The molecule has 2 aromatic rings. The van der Waals surface area contributed by atoms with Crippen molar-refractivity contribution in [3.63, 3.8) is 0 Å². The highest BCUT2D eigenvalue weighted by Gasteiger charge is 2.25. The molecule has 2 nitrogen and oxygen atoms in total. The first-order valence-corrected chi connectivity index (χ1v) is 6.83. The van der Waals surface area contributed by atoms with Crippen LogP contribution in [0.4, 0.5) is 10.1 Å². The monoisotopic (exact) mass is 269 g/mol. The fraction of sp³-hybridized carbons (Fsp3) is 0.235. The molecule has 0 saturated heterocycles. The van der Waals surface area contributed by atoms with Crippen molar-refractivity contribution in [3.05, 3.63) is 65.0 Å². The Morgan fingerprint density at radius 2 is 2.00 bits per heavy atom. The van der Waals surface area contributed by atoms with Crippen LogP contribution in [-0.2, 0) is 6.42 Å². The second-order valence-corrected chi connectivity index (χ2v) is 5.17. The van der Waals surface area contributed by atoms with Crippen molar-refractivity contribution in [2.24, 2.45) is 0 Å². The first kappa shape index (κ1) is 12.9. The van der Waals surface area contributed by atoms with E-state index >= 15 is 0 Å². The number of nitrogens with zero attached hydrogens (tertiary/aromatic N) is 1. The SMILES string of the molecule is Cc1ccc2c(c1)CCCN2C(=O)c1ccccc1F. The Morgan fingerprint density at radius 1 is 1.20 bits per heavy atom. The molecule has 0 atom stereocenters. The molecule has 2 aromatic carbocycles. The van der Waals surface area contributed by atoms with Crippen molar-refractivity contribution in [1.29, 1.82) is 0 Å². The van der Waals surface area contributed by atoms with Gasteiger partial charge in [-0.1, -0.05) is 29.8 Å². The lowest BCUT2D eigenvalue weighted by Crippen LogP contribution is -2.36. The summed E-state index contributed by atoms with van der Waals surface area (Å²) in [5.41, 5.74) is 3.40. The lowest BCUT2D eigenvalue weighted by molar-refractivity contribution is 0.0981. The summed E-state index contributed by atoms with van der Waals surface area (Å²) in [6.07, 6.45) is 1.88. The van der Waals surface area contributed by atoms with Crippen LogP contribution >= 0.6 is 0 Å². The van der Waals surface area contributed by atoms with Crippen molar-refractivity contribution in [1.82, 2.24) is 0 Å². The van der Waals surface area contributed by atoms with Gasteiger partial charge in [-0.05, 0) is 43.5 Å². The van der Waals surface area contributed by atoms with Crippen molar-refractivity contribution >= 4 is 11.6 Å². The topological polar surface area (TPSA) is 20.3 Å². The third kappa shape index (κ3) is 2.20. The Morgan fingerprint density at radius 3 is 2.80 bits per heavy atom. The minimum Gasteiger partial charge on any atom is -0.308 e. The number of amides is 1. The number of fused-ring (bicyclic) bond motifs is 1. The van der Waals surface area contributed by atoms with Crippen molar-refractivity contribution in [3.8, 4) is 0 Å². The van der Waals surface area contributed by atoms with E-state index in [4.69, 9.17) is 0 Å². The first-order valence-electron chi connectivity index (χ1n) is 6.83. The first-order chi connectivity index (χ1) is 9.66. The number of aryl methyl sites for hydroxylation is 2. The van der Waals surface area contributed by atoms with E-state index in [-0.39, 0.29) is 11.5 Å². The quantitative estimate of drug-likeness (QED) is 0.772. The van der Waals surface area contributed by atoms with Gasteiger partial charge >= 0.3 is 0 Å². The molecule has 1 amide bonds. The zero-order chi connectivity index (χ0) is 14.1. The summed E-state index contributed by atoms with van der Waals surface area (Å²) in [7, 11) is 0. The van der Waals surface area contributed by atoms with Gasteiger partial charge in [-0.2, -0.15) is 0 Å². The van der Waals surface area contributed by atoms with Gasteiger partial charge in [0.05, 0.1) is 5.56 Å². The molecular weight excluding hydrogens is 253 g/mol. The van der Waals surface area contributed by atoms with Gasteiger partial charge in [0.2, 0.25) is 0 Å². The summed E-state index contributed by atoms with van der Waals surface area (Å²) in [6, 6.07) is 12.2. The Hall–Kier alpha value is -2.16. The van der Waals surface area contributed by atoms with Gasteiger partial charge in [-0.15, -0.1) is 0 Å². The van der Waals surface area contributed by atoms with Gasteiger partial charge in [0, 0.05) is 12.2 Å². The predicted octanol–water partition coefficient (Wildman–Crippen LogP) is 3.73. The smallest absolute Gasteiger partial charge is 0.261 e. The maximum Gasteiger partial charge on any atom is 0.261 e. The zero-order valence-corrected chi connectivity index (χ0v) is 11.4. The third-order valence-electron chi connectivity index (χ3n) is 3.70. The van der Waals surface area contributed by atoms with Crippen LogP contribution < -0.4 is 4.90 Å². The van der Waals surface area contributed by atoms with E-state index in [0.717, 1.165) is 18.5 Å². The van der Waals surface area contributed by atoms with E-state index in [1.807, 2.05) is 19.1 Å². The van der Waals surface area contributed by atoms with Crippen LogP contribution in [0.3, 0.4) is 0 Å². The molecule has 20 heavy (non-hydrogen) atoms. The fourth-order valence-electron chi connectivity index (χ4n) is 2.72. The molecule has 3 heteroatoms. The summed E-state index contributed by atoms with van der Waals surface area (Å²) < 4.78 is 13.8. The van der Waals surface area contributed by atoms with Crippen LogP contribution in [0.15, 0.2) is 42.5 Å². The molecular formula is C17H16FNO. The summed E-state index contributed by atoms with van der Waals surface area (Å²) >= 11 is 0. The Labute approximate surface area is 117 Å². The minimum atomic E-state index is -0.461. The van der Waals surface area contributed by atoms with Crippen LogP contribution in [0.5, 0.6) is 0 Å². The molecule has 0 aliphatic carbocycles. The average Bonchev–Trinajstić information content (AvgIpc) is 2.46. The molecule has 102 valence electrons. The molecule has 1 heterocycles. The van der Waals surface area contributed by atoms with E-state index in [1.54, 1.807) is 23.1 Å². The number of hydrogen-bond donors (Lipinski definition) is 0. The molecule has 0 radical (unpaired) electrons. The van der Waals surface area contributed by atoms with Crippen molar-refractivity contribution in [2.75, 3.05) is 11.4 Å². The van der Waals surface area contributed by atoms with Gasteiger partial charge in [0.1, 0.15) is 5.82 Å². The standard InChI is InChI=1S/C17H16FNO/c1-12-8-9-16-13(11-12)5-4-10-19(16)17(20)14-6-2-3-7-15(14)18/h2-3,6-9,11H,4-5,10H2,1H3. The van der Waals surface area contributed by atoms with Crippen LogP contribution in [-0.4, -0.2) is 12.5 Å². The fourth-order valence-corrected chi connectivity index (χ4v) is 2.72. The van der Waals surface area contributed by atoms with Gasteiger partial charge in [0.25, 0.3) is 5.91 Å². The molecule has 0 fully saturated rings. The highest BCUT2D eigenvalue weighted by Crippen LogP contribution is 2.29. The van der Waals surface area contributed by atoms with Crippen LogP contribution in [0.25, 0.3) is 0 Å². The maximum atomic E-state index is 13.8. The summed E-state index contributed by atoms with van der Waals surface area (Å²) in [5, 5.41) is 0. The van der Waals surface area contributed by atoms with Gasteiger partial charge < -0.3 is 4.90 Å². The molecule has 0 aromatic heterocycles. The molecule has 0 spiro atoms. The largest absolute Gasteiger partial charge is 0.308 e. The molecule has 0 unspecified atom stereocenters. The van der Waals surface area contributed by atoms with Gasteiger partial charge in [-0.25, -0.2) is 4.39 Å². The molecule has 1 aliphatic heterocycles. The maximum absolute atomic E-state index is 13.8. The number of hydrogen-bond acceptors (Lipinski definition) is 1. The molecule has 0 saturated carbocycles. The second-order valence-electron chi connectivity index (χ2n) is 5.17. The molecule has 3 rings (SSSR count). The molecule has 0 bridgehead atoms. The summed E-state index contributed by atoms with van der Waals surface area (Å²) in [6.45, 7) is 2.68. The van der Waals surface area contributed by atoms with Crippen LogP contribution in [0.1, 0.15) is 27.9 Å². The van der Waals surface area contributed by atoms with E-state index in [2.05, 4.69) is 6.07 Å². The highest BCUT2D eigenvalue weighted by molar-refractivity contribution is 6.06. The zero-order valence-electron chi connectivity index (χ0n) is 11.4. The lowest BCUT2D eigenvalue weighted by Gasteiger charge is -2.30. The third-order valence-corrected chi connectivity index (χ3v) is 3.70. The Kier molecular flexibility index (Phi) is 3.26. The Balaban J connectivity index is 2.01. The number of carbonyl (C=O) groups is 1. The lowest BCUT2D eigenvalue weighted by atomic mass is 9.99. The number of halogens is 1. The van der Waals surface area contributed by atoms with E-state index < -0.39 is 5.82 Å². The number of benzene rings is 2. The average molecular weight is 269 g/mol. The molecule has 1 aliphatic rings. The second kappa shape index (κ2) is 5.08. The van der Waals surface area contributed by atoms with Gasteiger partial charge in [-0.3, -0.25) is 4.79 Å². The van der Waals surface area contributed by atoms with E-state index in [0.29, 0.717) is 6.54 Å². The van der Waals surface area contributed by atoms with E-state index in [9.17, 15) is 9.18 Å². The Bertz CT molecular complexity index is 666. The van der Waals surface area contributed by atoms with Crippen molar-refractivity contribution < 1.29 is 9.18 Å². The summed E-state index contributed by atoms with van der Waals surface area (Å²) in [5.74, 6) is -0.718. The van der Waals surface area contributed by atoms with Crippen LogP contribution in [0, 0.1) is 12.7 Å². The number of rotatable bonds is 1. The van der Waals surface area contributed by atoms with E-state index in [1.165, 1.54) is 17.2 Å². The van der Waals surface area contributed by atoms with Crippen molar-refractivity contribution in [2.45, 2.75) is 19.8 Å². The van der Waals surface area contributed by atoms with Gasteiger partial charge in [0.15, 0.2) is 0 Å². The normalized spacial score (nSPS) is 14.0. The number of carbonyl (C=O) groups excluding carboxylic acids is 1. The highest BCUT2D eigenvalue weighted by atomic mass is 19.1. The number of anilines is 1. The summed E-state index contributed by atoms with van der Waals surface area (Å²) in [4.78, 5) is 14.2. The predicted molar refractivity (Wildman–Crippen MR) is 77.6 cm³/mol. The van der Waals surface area contributed by atoms with Crippen LogP contribution in [0.2, 0.25) is 0 Å².